The van der Waals surface area contributed by atoms with Gasteiger partial charge in [0.05, 0.1) is 0 Å². The van der Waals surface area contributed by atoms with E-state index < -0.39 is 6.04 Å². The van der Waals surface area contributed by atoms with Crippen molar-refractivity contribution in [3.8, 4) is 5.75 Å². The number of hydrogen-bond donors (Lipinski definition) is 1. The van der Waals surface area contributed by atoms with Crippen LogP contribution < -0.4 is 10.1 Å². The molecule has 6 heteroatoms. The molecule has 1 unspecified atom stereocenters. The van der Waals surface area contributed by atoms with E-state index in [9.17, 15) is 9.59 Å². The Balaban J connectivity index is 1.92. The van der Waals surface area contributed by atoms with Crippen molar-refractivity contribution >= 4 is 23.4 Å². The van der Waals surface area contributed by atoms with E-state index in [4.69, 9.17) is 16.3 Å². The molecule has 5 nitrogen and oxygen atoms in total. The van der Waals surface area contributed by atoms with Gasteiger partial charge in [0, 0.05) is 24.5 Å². The maximum Gasteiger partial charge on any atom is 0.261 e. The van der Waals surface area contributed by atoms with Gasteiger partial charge >= 0.3 is 0 Å². The molecule has 0 fully saturated rings. The van der Waals surface area contributed by atoms with Gasteiger partial charge in [0.15, 0.2) is 6.61 Å². The first-order valence-electron chi connectivity index (χ1n) is 11.9. The summed E-state index contributed by atoms with van der Waals surface area (Å²) in [6, 6.07) is 23.9. The summed E-state index contributed by atoms with van der Waals surface area (Å²) in [7, 11) is 0. The molecule has 0 spiro atoms. The molecule has 3 aromatic rings. The Bertz CT molecular complexity index is 1120. The van der Waals surface area contributed by atoms with Crippen LogP contribution in [-0.2, 0) is 22.6 Å². The highest BCUT2D eigenvalue weighted by molar-refractivity contribution is 6.31. The molecule has 0 aromatic heterocycles. The molecule has 0 radical (unpaired) electrons. The molecule has 2 amide bonds. The average molecular weight is 493 g/mol. The summed E-state index contributed by atoms with van der Waals surface area (Å²) in [5.41, 5.74) is 2.68. The summed E-state index contributed by atoms with van der Waals surface area (Å²) in [5, 5.41) is 3.56. The zero-order valence-corrected chi connectivity index (χ0v) is 21.3. The number of hydrogen-bond acceptors (Lipinski definition) is 3. The average Bonchev–Trinajstić information content (AvgIpc) is 2.85. The monoisotopic (exact) mass is 492 g/mol. The van der Waals surface area contributed by atoms with Crippen molar-refractivity contribution in [2.75, 3.05) is 13.2 Å². The Morgan fingerprint density at radius 3 is 2.29 bits per heavy atom. The maximum atomic E-state index is 13.6. The molecule has 0 aliphatic rings. The highest BCUT2D eigenvalue weighted by Gasteiger charge is 2.31. The molecule has 0 aliphatic heterocycles. The van der Waals surface area contributed by atoms with E-state index in [1.807, 2.05) is 93.6 Å². The second-order valence-electron chi connectivity index (χ2n) is 9.01. The minimum Gasteiger partial charge on any atom is -0.484 e. The number of para-hydroxylation sites is 1. The van der Waals surface area contributed by atoms with Gasteiger partial charge in [0.2, 0.25) is 5.91 Å². The number of benzene rings is 3. The smallest absolute Gasteiger partial charge is 0.261 e. The summed E-state index contributed by atoms with van der Waals surface area (Å²) in [5.74, 6) is 0.448. The lowest BCUT2D eigenvalue weighted by molar-refractivity contribution is -0.142. The fourth-order valence-corrected chi connectivity index (χ4v) is 3.92. The van der Waals surface area contributed by atoms with E-state index in [1.165, 1.54) is 0 Å². The predicted molar refractivity (Wildman–Crippen MR) is 140 cm³/mol. The molecular weight excluding hydrogens is 460 g/mol. The van der Waals surface area contributed by atoms with Crippen molar-refractivity contribution in [3.05, 3.63) is 101 Å². The molecule has 1 N–H and O–H groups in total. The predicted octanol–water partition coefficient (Wildman–Crippen LogP) is 5.44. The lowest BCUT2D eigenvalue weighted by Gasteiger charge is -2.32. The van der Waals surface area contributed by atoms with Gasteiger partial charge in [0.1, 0.15) is 11.8 Å². The number of nitrogens with zero attached hydrogens (tertiary/aromatic N) is 1. The number of rotatable bonds is 11. The van der Waals surface area contributed by atoms with E-state index in [1.54, 1.807) is 11.0 Å². The Kier molecular flexibility index (Phi) is 9.74. The molecular formula is C29H33ClN2O3. The van der Waals surface area contributed by atoms with Crippen LogP contribution in [0.15, 0.2) is 78.9 Å². The van der Waals surface area contributed by atoms with Crippen molar-refractivity contribution in [2.24, 2.45) is 5.92 Å². The van der Waals surface area contributed by atoms with Crippen molar-refractivity contribution in [1.82, 2.24) is 10.2 Å². The van der Waals surface area contributed by atoms with Crippen LogP contribution in [0.1, 0.15) is 30.5 Å². The third-order valence-electron chi connectivity index (χ3n) is 5.70. The lowest BCUT2D eigenvalue weighted by Crippen LogP contribution is -2.52. The van der Waals surface area contributed by atoms with Crippen LogP contribution in [0.25, 0.3) is 0 Å². The zero-order chi connectivity index (χ0) is 25.2. The van der Waals surface area contributed by atoms with Crippen LogP contribution in [0.2, 0.25) is 5.02 Å². The molecule has 0 heterocycles. The molecule has 1 atom stereocenters. The third kappa shape index (κ3) is 7.86. The summed E-state index contributed by atoms with van der Waals surface area (Å²) in [6.45, 7) is 6.54. The van der Waals surface area contributed by atoms with E-state index in [0.29, 0.717) is 23.7 Å². The van der Waals surface area contributed by atoms with Crippen LogP contribution in [-0.4, -0.2) is 35.9 Å². The first kappa shape index (κ1) is 26.3. The Morgan fingerprint density at radius 1 is 0.943 bits per heavy atom. The standard InChI is InChI=1S/C29H33ClN2O3/c1-21(2)18-31-29(34)26(17-23-12-5-4-6-13-23)32(19-24-14-8-9-15-25(24)30)28(33)20-35-27-16-10-7-11-22(27)3/h4-16,21,26H,17-20H2,1-3H3,(H,31,34). The molecule has 35 heavy (non-hydrogen) atoms. The van der Waals surface area contributed by atoms with E-state index in [-0.39, 0.29) is 30.9 Å². The van der Waals surface area contributed by atoms with E-state index in [2.05, 4.69) is 5.32 Å². The van der Waals surface area contributed by atoms with Crippen molar-refractivity contribution in [3.63, 3.8) is 0 Å². The van der Waals surface area contributed by atoms with Crippen molar-refractivity contribution < 1.29 is 14.3 Å². The van der Waals surface area contributed by atoms with Gasteiger partial charge < -0.3 is 15.0 Å². The molecule has 0 saturated heterocycles. The van der Waals surface area contributed by atoms with Gasteiger partial charge in [-0.25, -0.2) is 0 Å². The number of nitrogens with one attached hydrogen (secondary N) is 1. The first-order valence-corrected chi connectivity index (χ1v) is 12.3. The quantitative estimate of drug-likeness (QED) is 0.387. The second kappa shape index (κ2) is 13.0. The summed E-state index contributed by atoms with van der Waals surface area (Å²) in [6.07, 6.45) is 0.380. The zero-order valence-electron chi connectivity index (χ0n) is 20.5. The molecule has 3 rings (SSSR count). The number of ether oxygens (including phenoxy) is 1. The van der Waals surface area contributed by atoms with Gasteiger partial charge in [-0.2, -0.15) is 0 Å². The number of aryl methyl sites for hydroxylation is 1. The highest BCUT2D eigenvalue weighted by atomic mass is 35.5. The molecule has 184 valence electrons. The number of halogens is 1. The van der Waals surface area contributed by atoms with Crippen molar-refractivity contribution in [2.45, 2.75) is 39.8 Å². The summed E-state index contributed by atoms with van der Waals surface area (Å²) in [4.78, 5) is 28.6. The van der Waals surface area contributed by atoms with Gasteiger partial charge in [-0.1, -0.05) is 92.2 Å². The van der Waals surface area contributed by atoms with E-state index >= 15 is 0 Å². The molecule has 0 saturated carbocycles. The molecule has 0 bridgehead atoms. The number of carbonyl (C=O) groups excluding carboxylic acids is 2. The Labute approximate surface area is 213 Å². The van der Waals surface area contributed by atoms with Gasteiger partial charge in [-0.05, 0) is 41.7 Å². The minimum atomic E-state index is -0.722. The fraction of sp³-hybridized carbons (Fsp3) is 0.310. The van der Waals surface area contributed by atoms with Crippen LogP contribution in [0.4, 0.5) is 0 Å². The van der Waals surface area contributed by atoms with Crippen LogP contribution in [0.5, 0.6) is 5.75 Å². The first-order chi connectivity index (χ1) is 16.8. The second-order valence-corrected chi connectivity index (χ2v) is 9.42. The van der Waals surface area contributed by atoms with Crippen LogP contribution in [0, 0.1) is 12.8 Å². The Morgan fingerprint density at radius 2 is 1.60 bits per heavy atom. The van der Waals surface area contributed by atoms with E-state index in [0.717, 1.165) is 16.7 Å². The largest absolute Gasteiger partial charge is 0.484 e. The third-order valence-corrected chi connectivity index (χ3v) is 6.07. The van der Waals surface area contributed by atoms with Gasteiger partial charge in [-0.3, -0.25) is 9.59 Å². The molecule has 3 aromatic carbocycles. The van der Waals surface area contributed by atoms with Crippen molar-refractivity contribution in [1.29, 1.82) is 0 Å². The summed E-state index contributed by atoms with van der Waals surface area (Å²) >= 11 is 6.44. The molecule has 0 aliphatic carbocycles. The van der Waals surface area contributed by atoms with Crippen LogP contribution in [0.3, 0.4) is 0 Å². The normalized spacial score (nSPS) is 11.7. The Hall–Kier alpha value is -3.31. The highest BCUT2D eigenvalue weighted by Crippen LogP contribution is 2.21. The number of amides is 2. The fourth-order valence-electron chi connectivity index (χ4n) is 3.73. The van der Waals surface area contributed by atoms with Crippen LogP contribution >= 0.6 is 11.6 Å². The maximum absolute atomic E-state index is 13.6. The van der Waals surface area contributed by atoms with Gasteiger partial charge in [-0.15, -0.1) is 0 Å². The summed E-state index contributed by atoms with van der Waals surface area (Å²) < 4.78 is 5.87. The minimum absolute atomic E-state index is 0.182. The topological polar surface area (TPSA) is 58.6 Å². The number of carbonyl (C=O) groups is 2. The SMILES string of the molecule is Cc1ccccc1OCC(=O)N(Cc1ccccc1Cl)C(Cc1ccccc1)C(=O)NCC(C)C. The lowest BCUT2D eigenvalue weighted by atomic mass is 10.0. The van der Waals surface area contributed by atoms with Gasteiger partial charge in [0.25, 0.3) is 5.91 Å².